The van der Waals surface area contributed by atoms with Crippen molar-refractivity contribution < 1.29 is 0 Å². The van der Waals surface area contributed by atoms with Gasteiger partial charge in [-0.05, 0) is 18.3 Å². The number of hydrogen-bond donors (Lipinski definition) is 1. The lowest BCUT2D eigenvalue weighted by molar-refractivity contribution is 0.216. The van der Waals surface area contributed by atoms with Crippen molar-refractivity contribution in [2.45, 2.75) is 65.8 Å². The van der Waals surface area contributed by atoms with Crippen LogP contribution >= 0.6 is 0 Å². The maximum Gasteiger partial charge on any atom is 0.138 e. The Morgan fingerprint density at radius 3 is 2.58 bits per heavy atom. The maximum atomic E-state index is 4.41. The predicted molar refractivity (Wildman–Crippen MR) is 80.1 cm³/mol. The summed E-state index contributed by atoms with van der Waals surface area (Å²) in [4.78, 5) is 4.41. The second-order valence-electron chi connectivity index (χ2n) is 5.97. The summed E-state index contributed by atoms with van der Waals surface area (Å²) < 4.78 is 1.91. The molecule has 0 radical (unpaired) electrons. The molecule has 1 N–H and O–H groups in total. The molecule has 1 rings (SSSR count). The first-order chi connectivity index (χ1) is 9.03. The molecular formula is C15H30N4. The van der Waals surface area contributed by atoms with Crippen LogP contribution in [0.3, 0.4) is 0 Å². The number of nitrogens with one attached hydrogen (secondary N) is 1. The molecule has 0 aliphatic carbocycles. The van der Waals surface area contributed by atoms with Gasteiger partial charge in [0.15, 0.2) is 0 Å². The van der Waals surface area contributed by atoms with Crippen LogP contribution < -0.4 is 5.32 Å². The molecule has 4 nitrogen and oxygen atoms in total. The SMILES string of the molecule is CCCCC(CC)(CNC(C)C)Cc1ncnn1C. The summed E-state index contributed by atoms with van der Waals surface area (Å²) in [5.41, 5.74) is 0.307. The Hall–Kier alpha value is -0.900. The van der Waals surface area contributed by atoms with E-state index in [4.69, 9.17) is 0 Å². The van der Waals surface area contributed by atoms with E-state index in [0.29, 0.717) is 11.5 Å². The van der Waals surface area contributed by atoms with Crippen LogP contribution in [0.1, 0.15) is 59.2 Å². The first kappa shape index (κ1) is 16.2. The minimum atomic E-state index is 0.307. The lowest BCUT2D eigenvalue weighted by atomic mass is 9.76. The molecule has 4 heteroatoms. The molecule has 0 amide bonds. The van der Waals surface area contributed by atoms with Gasteiger partial charge >= 0.3 is 0 Å². The molecule has 0 fully saturated rings. The Labute approximate surface area is 118 Å². The van der Waals surface area contributed by atoms with Crippen molar-refractivity contribution in [2.24, 2.45) is 12.5 Å². The third-order valence-electron chi connectivity index (χ3n) is 4.03. The zero-order valence-electron chi connectivity index (χ0n) is 13.2. The highest BCUT2D eigenvalue weighted by atomic mass is 15.3. The molecule has 1 unspecified atom stereocenters. The zero-order valence-corrected chi connectivity index (χ0v) is 13.2. The maximum absolute atomic E-state index is 4.41. The smallest absolute Gasteiger partial charge is 0.138 e. The van der Waals surface area contributed by atoms with E-state index in [2.05, 4.69) is 43.1 Å². The van der Waals surface area contributed by atoms with Crippen molar-refractivity contribution in [2.75, 3.05) is 6.54 Å². The van der Waals surface area contributed by atoms with Gasteiger partial charge in [-0.15, -0.1) is 0 Å². The highest BCUT2D eigenvalue weighted by molar-refractivity contribution is 4.94. The van der Waals surface area contributed by atoms with E-state index in [9.17, 15) is 0 Å². The van der Waals surface area contributed by atoms with Crippen molar-refractivity contribution in [3.05, 3.63) is 12.2 Å². The van der Waals surface area contributed by atoms with Crippen LogP contribution in [0, 0.1) is 5.41 Å². The van der Waals surface area contributed by atoms with Crippen molar-refractivity contribution >= 4 is 0 Å². The Balaban J connectivity index is 2.79. The third kappa shape index (κ3) is 4.94. The average Bonchev–Trinajstić information content (AvgIpc) is 2.78. The van der Waals surface area contributed by atoms with Crippen LogP contribution in [0.4, 0.5) is 0 Å². The van der Waals surface area contributed by atoms with Crippen LogP contribution in [0.5, 0.6) is 0 Å². The van der Waals surface area contributed by atoms with Gasteiger partial charge in [0.2, 0.25) is 0 Å². The van der Waals surface area contributed by atoms with E-state index in [-0.39, 0.29) is 0 Å². The zero-order chi connectivity index (χ0) is 14.3. The molecule has 0 saturated carbocycles. The number of unbranched alkanes of at least 4 members (excludes halogenated alkanes) is 1. The Morgan fingerprint density at radius 2 is 2.11 bits per heavy atom. The summed E-state index contributed by atoms with van der Waals surface area (Å²) in [6.45, 7) is 10.0. The molecule has 1 atom stereocenters. The molecular weight excluding hydrogens is 236 g/mol. The third-order valence-corrected chi connectivity index (χ3v) is 4.03. The second kappa shape index (κ2) is 7.63. The number of hydrogen-bond acceptors (Lipinski definition) is 3. The molecule has 0 aromatic carbocycles. The standard InChI is InChI=1S/C15H30N4/c1-6-8-9-15(7-2,11-16-13(3)4)10-14-17-12-18-19(14)5/h12-13,16H,6-11H2,1-5H3. The topological polar surface area (TPSA) is 42.7 Å². The summed E-state index contributed by atoms with van der Waals surface area (Å²) in [7, 11) is 1.98. The predicted octanol–water partition coefficient (Wildman–Crippen LogP) is 2.94. The summed E-state index contributed by atoms with van der Waals surface area (Å²) >= 11 is 0. The summed E-state index contributed by atoms with van der Waals surface area (Å²) in [6.07, 6.45) is 7.64. The Kier molecular flexibility index (Phi) is 6.49. The van der Waals surface area contributed by atoms with E-state index in [1.807, 2.05) is 11.7 Å². The Morgan fingerprint density at radius 1 is 1.37 bits per heavy atom. The van der Waals surface area contributed by atoms with Gasteiger partial charge in [0.05, 0.1) is 0 Å². The lowest BCUT2D eigenvalue weighted by Gasteiger charge is -2.34. The van der Waals surface area contributed by atoms with Crippen molar-refractivity contribution in [1.29, 1.82) is 0 Å². The van der Waals surface area contributed by atoms with E-state index < -0.39 is 0 Å². The number of nitrogens with zero attached hydrogens (tertiary/aromatic N) is 3. The van der Waals surface area contributed by atoms with Crippen molar-refractivity contribution in [1.82, 2.24) is 20.1 Å². The van der Waals surface area contributed by atoms with E-state index in [1.165, 1.54) is 25.7 Å². The highest BCUT2D eigenvalue weighted by Gasteiger charge is 2.29. The monoisotopic (exact) mass is 266 g/mol. The van der Waals surface area contributed by atoms with Crippen LogP contribution in [-0.4, -0.2) is 27.4 Å². The number of rotatable bonds is 9. The molecule has 0 spiro atoms. The van der Waals surface area contributed by atoms with Crippen molar-refractivity contribution in [3.8, 4) is 0 Å². The first-order valence-electron chi connectivity index (χ1n) is 7.59. The summed E-state index contributed by atoms with van der Waals surface area (Å²) in [5, 5.41) is 7.82. The van der Waals surface area contributed by atoms with Gasteiger partial charge in [-0.3, -0.25) is 4.68 Å². The van der Waals surface area contributed by atoms with Gasteiger partial charge in [0.25, 0.3) is 0 Å². The molecule has 1 heterocycles. The summed E-state index contributed by atoms with van der Waals surface area (Å²) in [5.74, 6) is 1.10. The lowest BCUT2D eigenvalue weighted by Crippen LogP contribution is -2.39. The van der Waals surface area contributed by atoms with E-state index in [1.54, 1.807) is 6.33 Å². The van der Waals surface area contributed by atoms with Gasteiger partial charge in [-0.25, -0.2) is 4.98 Å². The molecule has 19 heavy (non-hydrogen) atoms. The molecule has 110 valence electrons. The van der Waals surface area contributed by atoms with E-state index in [0.717, 1.165) is 18.8 Å². The van der Waals surface area contributed by atoms with Gasteiger partial charge < -0.3 is 5.32 Å². The molecule has 1 aromatic rings. The molecule has 1 aromatic heterocycles. The highest BCUT2D eigenvalue weighted by Crippen LogP contribution is 2.32. The number of aromatic nitrogens is 3. The van der Waals surface area contributed by atoms with Gasteiger partial charge in [-0.1, -0.05) is 40.5 Å². The quantitative estimate of drug-likeness (QED) is 0.747. The molecule has 0 aliphatic heterocycles. The van der Waals surface area contributed by atoms with E-state index >= 15 is 0 Å². The van der Waals surface area contributed by atoms with Crippen molar-refractivity contribution in [3.63, 3.8) is 0 Å². The second-order valence-corrected chi connectivity index (χ2v) is 5.97. The van der Waals surface area contributed by atoms with Gasteiger partial charge in [-0.2, -0.15) is 5.10 Å². The normalized spacial score (nSPS) is 14.8. The van der Waals surface area contributed by atoms with Crippen LogP contribution in [-0.2, 0) is 13.5 Å². The Bertz CT molecular complexity index is 359. The first-order valence-corrected chi connectivity index (χ1v) is 7.59. The van der Waals surface area contributed by atoms with Crippen LogP contribution in [0.25, 0.3) is 0 Å². The number of aryl methyl sites for hydroxylation is 1. The van der Waals surface area contributed by atoms with Crippen LogP contribution in [0.2, 0.25) is 0 Å². The van der Waals surface area contributed by atoms with Gasteiger partial charge in [0.1, 0.15) is 12.2 Å². The van der Waals surface area contributed by atoms with Gasteiger partial charge in [0, 0.05) is 26.1 Å². The largest absolute Gasteiger partial charge is 0.314 e. The summed E-state index contributed by atoms with van der Waals surface area (Å²) in [6, 6.07) is 0.534. The molecule has 0 aliphatic rings. The van der Waals surface area contributed by atoms with Crippen LogP contribution in [0.15, 0.2) is 6.33 Å². The fourth-order valence-electron chi connectivity index (χ4n) is 2.45. The fraction of sp³-hybridized carbons (Fsp3) is 0.867. The minimum Gasteiger partial charge on any atom is -0.314 e. The molecule has 0 bridgehead atoms. The average molecular weight is 266 g/mol. The minimum absolute atomic E-state index is 0.307. The fourth-order valence-corrected chi connectivity index (χ4v) is 2.45. The molecule has 0 saturated heterocycles.